The molecule has 1 aromatic carbocycles. The Morgan fingerprint density at radius 2 is 2.04 bits per heavy atom. The number of aryl methyl sites for hydroxylation is 2. The van der Waals surface area contributed by atoms with Gasteiger partial charge in [0.05, 0.1) is 25.1 Å². The summed E-state index contributed by atoms with van der Waals surface area (Å²) in [4.78, 5) is 18.7. The van der Waals surface area contributed by atoms with E-state index in [0.717, 1.165) is 49.0 Å². The average molecular weight is 341 g/mol. The quantitative estimate of drug-likeness (QED) is 0.905. The average Bonchev–Trinajstić information content (AvgIpc) is 2.64. The maximum atomic E-state index is 12.1. The number of rotatable bonds is 5. The summed E-state index contributed by atoms with van der Waals surface area (Å²) >= 11 is 0. The molecule has 0 bridgehead atoms. The summed E-state index contributed by atoms with van der Waals surface area (Å²) in [5, 5.41) is 2.81. The molecule has 1 aliphatic heterocycles. The lowest BCUT2D eigenvalue weighted by molar-refractivity contribution is -0.118. The maximum Gasteiger partial charge on any atom is 0.262 e. The number of hydrogen-bond acceptors (Lipinski definition) is 5. The van der Waals surface area contributed by atoms with Gasteiger partial charge in [-0.1, -0.05) is 12.1 Å². The Labute approximate surface area is 147 Å². The van der Waals surface area contributed by atoms with Crippen LogP contribution in [0.3, 0.4) is 0 Å². The lowest BCUT2D eigenvalue weighted by atomic mass is 10.1. The van der Waals surface area contributed by atoms with Crippen LogP contribution in [0.1, 0.15) is 11.1 Å². The Hall–Kier alpha value is -2.60. The third-order valence-electron chi connectivity index (χ3n) is 4.07. The number of ether oxygens (including phenoxy) is 2. The van der Waals surface area contributed by atoms with E-state index >= 15 is 0 Å². The van der Waals surface area contributed by atoms with Crippen LogP contribution in [0.2, 0.25) is 0 Å². The van der Waals surface area contributed by atoms with Gasteiger partial charge in [0.2, 0.25) is 0 Å². The van der Waals surface area contributed by atoms with Gasteiger partial charge in [-0.05, 0) is 43.2 Å². The number of anilines is 2. The zero-order valence-electron chi connectivity index (χ0n) is 14.6. The van der Waals surface area contributed by atoms with Crippen molar-refractivity contribution in [2.45, 2.75) is 13.8 Å². The SMILES string of the molecule is Cc1ccc(C)c(OCC(=O)Nc2ccc(N3CCOCC3)nc2)c1. The molecule has 3 rings (SSSR count). The highest BCUT2D eigenvalue weighted by molar-refractivity contribution is 5.91. The molecule has 2 aromatic rings. The van der Waals surface area contributed by atoms with Gasteiger partial charge in [-0.3, -0.25) is 4.79 Å². The second-order valence-electron chi connectivity index (χ2n) is 6.11. The molecule has 2 heterocycles. The van der Waals surface area contributed by atoms with Crippen molar-refractivity contribution in [3.8, 4) is 5.75 Å². The van der Waals surface area contributed by atoms with E-state index in [4.69, 9.17) is 9.47 Å². The first-order valence-corrected chi connectivity index (χ1v) is 8.40. The molecule has 0 atom stereocenters. The number of benzene rings is 1. The van der Waals surface area contributed by atoms with E-state index in [1.54, 1.807) is 6.20 Å². The third kappa shape index (κ3) is 4.70. The van der Waals surface area contributed by atoms with Gasteiger partial charge in [0.15, 0.2) is 6.61 Å². The normalized spacial score (nSPS) is 14.2. The van der Waals surface area contributed by atoms with Gasteiger partial charge < -0.3 is 19.7 Å². The molecule has 0 saturated carbocycles. The van der Waals surface area contributed by atoms with Crippen LogP contribution in [-0.4, -0.2) is 43.8 Å². The van der Waals surface area contributed by atoms with E-state index in [2.05, 4.69) is 15.2 Å². The molecule has 1 aliphatic rings. The maximum absolute atomic E-state index is 12.1. The first-order valence-electron chi connectivity index (χ1n) is 8.40. The number of aromatic nitrogens is 1. The van der Waals surface area contributed by atoms with Crippen molar-refractivity contribution >= 4 is 17.4 Å². The van der Waals surface area contributed by atoms with Crippen molar-refractivity contribution in [3.63, 3.8) is 0 Å². The van der Waals surface area contributed by atoms with E-state index in [-0.39, 0.29) is 12.5 Å². The minimum Gasteiger partial charge on any atom is -0.483 e. The topological polar surface area (TPSA) is 63.7 Å². The molecular formula is C19H23N3O3. The van der Waals surface area contributed by atoms with Crippen molar-refractivity contribution in [2.24, 2.45) is 0 Å². The van der Waals surface area contributed by atoms with E-state index < -0.39 is 0 Å². The Morgan fingerprint density at radius 3 is 2.76 bits per heavy atom. The number of morpholine rings is 1. The van der Waals surface area contributed by atoms with Crippen LogP contribution < -0.4 is 15.0 Å². The Kier molecular flexibility index (Phi) is 5.50. The lowest BCUT2D eigenvalue weighted by Crippen LogP contribution is -2.36. The fourth-order valence-electron chi connectivity index (χ4n) is 2.64. The fraction of sp³-hybridized carbons (Fsp3) is 0.368. The van der Waals surface area contributed by atoms with E-state index in [0.29, 0.717) is 5.69 Å². The van der Waals surface area contributed by atoms with Gasteiger partial charge in [0, 0.05) is 13.1 Å². The summed E-state index contributed by atoms with van der Waals surface area (Å²) in [6.07, 6.45) is 1.67. The van der Waals surface area contributed by atoms with Crippen molar-refractivity contribution in [3.05, 3.63) is 47.7 Å². The number of pyridine rings is 1. The van der Waals surface area contributed by atoms with Crippen LogP contribution in [0.25, 0.3) is 0 Å². The van der Waals surface area contributed by atoms with E-state index in [1.165, 1.54) is 0 Å². The highest BCUT2D eigenvalue weighted by atomic mass is 16.5. The van der Waals surface area contributed by atoms with Gasteiger partial charge in [0.25, 0.3) is 5.91 Å². The number of nitrogens with one attached hydrogen (secondary N) is 1. The van der Waals surface area contributed by atoms with Crippen LogP contribution in [0.5, 0.6) is 5.75 Å². The number of carbonyl (C=O) groups is 1. The number of hydrogen-bond donors (Lipinski definition) is 1. The summed E-state index contributed by atoms with van der Waals surface area (Å²) in [7, 11) is 0. The zero-order valence-corrected chi connectivity index (χ0v) is 14.6. The molecule has 6 nitrogen and oxygen atoms in total. The molecular weight excluding hydrogens is 318 g/mol. The largest absolute Gasteiger partial charge is 0.483 e. The first-order chi connectivity index (χ1) is 12.1. The zero-order chi connectivity index (χ0) is 17.6. The predicted molar refractivity (Wildman–Crippen MR) is 97.3 cm³/mol. The molecule has 25 heavy (non-hydrogen) atoms. The van der Waals surface area contributed by atoms with Crippen LogP contribution in [0.15, 0.2) is 36.5 Å². The van der Waals surface area contributed by atoms with Crippen LogP contribution in [-0.2, 0) is 9.53 Å². The van der Waals surface area contributed by atoms with Gasteiger partial charge in [-0.25, -0.2) is 4.98 Å². The highest BCUT2D eigenvalue weighted by Crippen LogP contribution is 2.19. The van der Waals surface area contributed by atoms with Crippen molar-refractivity contribution in [1.82, 2.24) is 4.98 Å². The van der Waals surface area contributed by atoms with Crippen molar-refractivity contribution in [2.75, 3.05) is 43.1 Å². The molecule has 6 heteroatoms. The number of carbonyl (C=O) groups excluding carboxylic acids is 1. The summed E-state index contributed by atoms with van der Waals surface area (Å²) in [5.41, 5.74) is 2.77. The summed E-state index contributed by atoms with van der Waals surface area (Å²) in [5.74, 6) is 1.42. The van der Waals surface area contributed by atoms with E-state index in [9.17, 15) is 4.79 Å². The predicted octanol–water partition coefficient (Wildman–Crippen LogP) is 2.55. The Balaban J connectivity index is 1.53. The molecule has 1 fully saturated rings. The molecule has 1 N–H and O–H groups in total. The summed E-state index contributed by atoms with van der Waals surface area (Å²) in [6.45, 7) is 7.03. The second kappa shape index (κ2) is 7.98. The highest BCUT2D eigenvalue weighted by Gasteiger charge is 2.12. The molecule has 132 valence electrons. The van der Waals surface area contributed by atoms with Gasteiger partial charge in [-0.2, -0.15) is 0 Å². The smallest absolute Gasteiger partial charge is 0.262 e. The fourth-order valence-corrected chi connectivity index (χ4v) is 2.64. The number of amides is 1. The number of nitrogens with zero attached hydrogens (tertiary/aromatic N) is 2. The van der Waals surface area contributed by atoms with Crippen LogP contribution in [0.4, 0.5) is 11.5 Å². The molecule has 0 aliphatic carbocycles. The standard InChI is InChI=1S/C19H23N3O3/c1-14-3-4-15(2)17(11-14)25-13-19(23)21-16-5-6-18(20-12-16)22-7-9-24-10-8-22/h3-6,11-12H,7-10,13H2,1-2H3,(H,21,23). The molecule has 0 radical (unpaired) electrons. The second-order valence-corrected chi connectivity index (χ2v) is 6.11. The van der Waals surface area contributed by atoms with Crippen LogP contribution in [0, 0.1) is 13.8 Å². The van der Waals surface area contributed by atoms with Gasteiger partial charge in [0.1, 0.15) is 11.6 Å². The summed E-state index contributed by atoms with van der Waals surface area (Å²) in [6, 6.07) is 9.70. The minimum absolute atomic E-state index is 0.0322. The van der Waals surface area contributed by atoms with Gasteiger partial charge >= 0.3 is 0 Å². The Bertz CT molecular complexity index is 725. The monoisotopic (exact) mass is 341 g/mol. The minimum atomic E-state index is -0.207. The Morgan fingerprint density at radius 1 is 1.24 bits per heavy atom. The third-order valence-corrected chi connectivity index (χ3v) is 4.07. The van der Waals surface area contributed by atoms with Gasteiger partial charge in [-0.15, -0.1) is 0 Å². The first kappa shape index (κ1) is 17.2. The van der Waals surface area contributed by atoms with Crippen molar-refractivity contribution < 1.29 is 14.3 Å². The summed E-state index contributed by atoms with van der Waals surface area (Å²) < 4.78 is 11.0. The van der Waals surface area contributed by atoms with Crippen LogP contribution >= 0.6 is 0 Å². The molecule has 1 saturated heterocycles. The lowest BCUT2D eigenvalue weighted by Gasteiger charge is -2.27. The van der Waals surface area contributed by atoms with E-state index in [1.807, 2.05) is 44.2 Å². The molecule has 1 amide bonds. The van der Waals surface area contributed by atoms with Crippen molar-refractivity contribution in [1.29, 1.82) is 0 Å². The molecule has 0 spiro atoms. The molecule has 1 aromatic heterocycles. The molecule has 0 unspecified atom stereocenters.